The molecule has 0 N–H and O–H groups in total. The van der Waals surface area contributed by atoms with Gasteiger partial charge in [-0.2, -0.15) is 0 Å². The smallest absolute Gasteiger partial charge is 0.227 e. The molecule has 5 heteroatoms. The third-order valence-corrected chi connectivity index (χ3v) is 5.64. The lowest BCUT2D eigenvalue weighted by Gasteiger charge is -2.35. The summed E-state index contributed by atoms with van der Waals surface area (Å²) in [6.45, 7) is 7.93. The molecule has 2 heterocycles. The molecule has 4 rings (SSSR count). The van der Waals surface area contributed by atoms with Crippen LogP contribution >= 0.6 is 0 Å². The second kappa shape index (κ2) is 9.22. The van der Waals surface area contributed by atoms with Gasteiger partial charge < -0.3 is 14.5 Å². The van der Waals surface area contributed by atoms with Crippen LogP contribution in [0.4, 0.5) is 5.69 Å². The van der Waals surface area contributed by atoms with E-state index in [0.717, 1.165) is 64.6 Å². The Kier molecular flexibility index (Phi) is 6.24. The second-order valence-corrected chi connectivity index (χ2v) is 7.59. The molecule has 2 aromatic rings. The third-order valence-electron chi connectivity index (χ3n) is 5.64. The molecule has 2 fully saturated rings. The van der Waals surface area contributed by atoms with Crippen molar-refractivity contribution in [2.45, 2.75) is 13.0 Å². The summed E-state index contributed by atoms with van der Waals surface area (Å²) in [6, 6.07) is 19.0. The zero-order chi connectivity index (χ0) is 19.2. The maximum absolute atomic E-state index is 12.7. The van der Waals surface area contributed by atoms with Crippen LogP contribution < -0.4 is 4.90 Å². The topological polar surface area (TPSA) is 36.0 Å². The van der Waals surface area contributed by atoms with E-state index in [1.54, 1.807) is 0 Å². The Bertz CT molecular complexity index is 749. The highest BCUT2D eigenvalue weighted by Crippen LogP contribution is 2.17. The van der Waals surface area contributed by atoms with Crippen LogP contribution in [0, 0.1) is 0 Å². The Labute approximate surface area is 167 Å². The zero-order valence-corrected chi connectivity index (χ0v) is 16.4. The quantitative estimate of drug-likeness (QED) is 0.799. The monoisotopic (exact) mass is 379 g/mol. The van der Waals surface area contributed by atoms with Gasteiger partial charge in [0.15, 0.2) is 0 Å². The Morgan fingerprint density at radius 1 is 0.786 bits per heavy atom. The van der Waals surface area contributed by atoms with Gasteiger partial charge in [0.05, 0.1) is 19.6 Å². The Morgan fingerprint density at radius 2 is 1.46 bits per heavy atom. The van der Waals surface area contributed by atoms with E-state index in [9.17, 15) is 4.79 Å². The molecular formula is C23H29N3O2. The van der Waals surface area contributed by atoms with E-state index >= 15 is 0 Å². The minimum Gasteiger partial charge on any atom is -0.378 e. The molecule has 0 bridgehead atoms. The van der Waals surface area contributed by atoms with Gasteiger partial charge in [0.25, 0.3) is 0 Å². The average molecular weight is 380 g/mol. The zero-order valence-electron chi connectivity index (χ0n) is 16.4. The molecule has 2 aromatic carbocycles. The number of anilines is 1. The van der Waals surface area contributed by atoms with Gasteiger partial charge in [-0.25, -0.2) is 0 Å². The fourth-order valence-electron chi connectivity index (χ4n) is 3.93. The average Bonchev–Trinajstić information content (AvgIpc) is 2.76. The molecular weight excluding hydrogens is 350 g/mol. The molecule has 2 aliphatic heterocycles. The molecule has 0 aromatic heterocycles. The van der Waals surface area contributed by atoms with Crippen molar-refractivity contribution in [3.8, 4) is 0 Å². The first kappa shape index (κ1) is 19.0. The van der Waals surface area contributed by atoms with Crippen LogP contribution in [0.1, 0.15) is 11.1 Å². The van der Waals surface area contributed by atoms with E-state index in [2.05, 4.69) is 58.3 Å². The second-order valence-electron chi connectivity index (χ2n) is 7.59. The predicted octanol–water partition coefficient (Wildman–Crippen LogP) is 2.41. The lowest BCUT2D eigenvalue weighted by atomic mass is 10.1. The summed E-state index contributed by atoms with van der Waals surface area (Å²) in [4.78, 5) is 19.5. The fourth-order valence-corrected chi connectivity index (χ4v) is 3.93. The molecule has 2 aliphatic rings. The number of rotatable bonds is 5. The summed E-state index contributed by atoms with van der Waals surface area (Å²) in [5.41, 5.74) is 3.64. The number of carbonyl (C=O) groups excluding carboxylic acids is 1. The van der Waals surface area contributed by atoms with Crippen molar-refractivity contribution in [2.24, 2.45) is 0 Å². The number of morpholine rings is 1. The maximum atomic E-state index is 12.7. The van der Waals surface area contributed by atoms with Crippen molar-refractivity contribution < 1.29 is 9.53 Å². The number of hydrogen-bond acceptors (Lipinski definition) is 4. The van der Waals surface area contributed by atoms with Gasteiger partial charge in [0.2, 0.25) is 5.91 Å². The number of amides is 1. The van der Waals surface area contributed by atoms with E-state index in [1.165, 1.54) is 11.3 Å². The molecule has 5 nitrogen and oxygen atoms in total. The molecule has 2 saturated heterocycles. The highest BCUT2D eigenvalue weighted by molar-refractivity contribution is 5.79. The highest BCUT2D eigenvalue weighted by atomic mass is 16.5. The van der Waals surface area contributed by atoms with Crippen LogP contribution in [-0.2, 0) is 22.5 Å². The van der Waals surface area contributed by atoms with Gasteiger partial charge in [0.1, 0.15) is 0 Å². The summed E-state index contributed by atoms with van der Waals surface area (Å²) >= 11 is 0. The van der Waals surface area contributed by atoms with Crippen LogP contribution in [0.25, 0.3) is 0 Å². The summed E-state index contributed by atoms with van der Waals surface area (Å²) < 4.78 is 5.41. The van der Waals surface area contributed by atoms with E-state index in [-0.39, 0.29) is 5.91 Å². The Hall–Kier alpha value is -2.37. The van der Waals surface area contributed by atoms with Crippen LogP contribution in [-0.4, -0.2) is 68.2 Å². The van der Waals surface area contributed by atoms with Crippen molar-refractivity contribution in [3.05, 3.63) is 65.7 Å². The van der Waals surface area contributed by atoms with Crippen LogP contribution in [0.5, 0.6) is 0 Å². The number of benzene rings is 2. The molecule has 0 unspecified atom stereocenters. The Morgan fingerprint density at radius 3 is 2.14 bits per heavy atom. The lowest BCUT2D eigenvalue weighted by Crippen LogP contribution is -2.48. The summed E-state index contributed by atoms with van der Waals surface area (Å²) in [6.07, 6.45) is 0.488. The summed E-state index contributed by atoms with van der Waals surface area (Å²) in [7, 11) is 0. The Balaban J connectivity index is 1.25. The molecule has 0 atom stereocenters. The maximum Gasteiger partial charge on any atom is 0.227 e. The molecule has 0 spiro atoms. The van der Waals surface area contributed by atoms with Crippen LogP contribution in [0.15, 0.2) is 54.6 Å². The molecule has 1 amide bonds. The number of piperazine rings is 1. The lowest BCUT2D eigenvalue weighted by molar-refractivity contribution is -0.132. The summed E-state index contributed by atoms with van der Waals surface area (Å²) in [5.74, 6) is 0.235. The minimum atomic E-state index is 0.235. The highest BCUT2D eigenvalue weighted by Gasteiger charge is 2.21. The first-order chi connectivity index (χ1) is 13.8. The SMILES string of the molecule is O=C(Cc1ccc(N2CCOCC2)cc1)N1CCN(Cc2ccccc2)CC1. The van der Waals surface area contributed by atoms with Crippen molar-refractivity contribution in [1.82, 2.24) is 9.80 Å². The first-order valence-corrected chi connectivity index (χ1v) is 10.2. The standard InChI is InChI=1S/C23H29N3O2/c27-23(18-20-6-8-22(9-7-20)25-14-16-28-17-15-25)26-12-10-24(11-13-26)19-21-4-2-1-3-5-21/h1-9H,10-19H2. The third kappa shape index (κ3) is 4.91. The number of ether oxygens (including phenoxy) is 1. The van der Waals surface area contributed by atoms with Gasteiger partial charge in [-0.1, -0.05) is 42.5 Å². The number of nitrogens with zero attached hydrogens (tertiary/aromatic N) is 3. The van der Waals surface area contributed by atoms with Gasteiger partial charge >= 0.3 is 0 Å². The molecule has 0 aliphatic carbocycles. The predicted molar refractivity (Wildman–Crippen MR) is 111 cm³/mol. The number of carbonyl (C=O) groups is 1. The van der Waals surface area contributed by atoms with Crippen molar-refractivity contribution in [3.63, 3.8) is 0 Å². The van der Waals surface area contributed by atoms with Crippen LogP contribution in [0.2, 0.25) is 0 Å². The van der Waals surface area contributed by atoms with Crippen molar-refractivity contribution in [2.75, 3.05) is 57.4 Å². The van der Waals surface area contributed by atoms with E-state index in [0.29, 0.717) is 6.42 Å². The van der Waals surface area contributed by atoms with E-state index in [4.69, 9.17) is 4.74 Å². The van der Waals surface area contributed by atoms with E-state index < -0.39 is 0 Å². The molecule has 28 heavy (non-hydrogen) atoms. The van der Waals surface area contributed by atoms with E-state index in [1.807, 2.05) is 11.0 Å². The molecule has 148 valence electrons. The van der Waals surface area contributed by atoms with Gasteiger partial charge in [-0.15, -0.1) is 0 Å². The first-order valence-electron chi connectivity index (χ1n) is 10.2. The van der Waals surface area contributed by atoms with Gasteiger partial charge in [-0.05, 0) is 23.3 Å². The normalized spacial score (nSPS) is 18.3. The largest absolute Gasteiger partial charge is 0.378 e. The minimum absolute atomic E-state index is 0.235. The molecule has 0 radical (unpaired) electrons. The molecule has 0 saturated carbocycles. The fraction of sp³-hybridized carbons (Fsp3) is 0.435. The van der Waals surface area contributed by atoms with Gasteiger partial charge in [-0.3, -0.25) is 9.69 Å². The number of hydrogen-bond donors (Lipinski definition) is 0. The van der Waals surface area contributed by atoms with Gasteiger partial charge in [0, 0.05) is 51.5 Å². The van der Waals surface area contributed by atoms with Crippen molar-refractivity contribution in [1.29, 1.82) is 0 Å². The van der Waals surface area contributed by atoms with Crippen molar-refractivity contribution >= 4 is 11.6 Å². The summed E-state index contributed by atoms with van der Waals surface area (Å²) in [5, 5.41) is 0. The van der Waals surface area contributed by atoms with Crippen LogP contribution in [0.3, 0.4) is 0 Å².